The number of rotatable bonds is 2. The average Bonchev–Trinajstić information content (AvgIpc) is 3.41. The summed E-state index contributed by atoms with van der Waals surface area (Å²) < 4.78 is 64.0. The van der Waals surface area contributed by atoms with Crippen LogP contribution in [0.2, 0.25) is 0 Å². The molecule has 1 atom stereocenters. The Morgan fingerprint density at radius 2 is 1.48 bits per heavy atom. The molecule has 10 nitrogen and oxygen atoms in total. The smallest absolute Gasteiger partial charge is 0.405 e. The monoisotopic (exact) mass is 488 g/mol. The van der Waals surface area contributed by atoms with Gasteiger partial charge in [-0.1, -0.05) is 17.7 Å². The van der Waals surface area contributed by atoms with Crippen LogP contribution >= 0.6 is 7.67 Å². The lowest BCUT2D eigenvalue weighted by Crippen LogP contribution is -2.30. The lowest BCUT2D eigenvalue weighted by Gasteiger charge is -2.28. The standard InChI is InChI=1S/C21H17N2O8PS/c1-12-2-4-13(5-3-12)33(26,27)23-15-7-9-17-21(31-11-29-17)19(15)18-14(22-32(23,24)25)6-8-16-20(18)30-10-28-16/h2-9H,10-11H2,1H3,(H2,22,24,25). The van der Waals surface area contributed by atoms with Crippen LogP contribution in [-0.4, -0.2) is 26.9 Å². The van der Waals surface area contributed by atoms with E-state index in [1.165, 1.54) is 30.3 Å². The minimum Gasteiger partial charge on any atom is -0.454 e. The molecule has 0 aliphatic carbocycles. The number of hydrogen-bond acceptors (Lipinski definition) is 7. The van der Waals surface area contributed by atoms with E-state index in [-0.39, 0.29) is 41.2 Å². The van der Waals surface area contributed by atoms with E-state index < -0.39 is 17.7 Å². The first-order valence-electron chi connectivity index (χ1n) is 9.86. The number of nitrogens with one attached hydrogen (secondary N) is 1. The summed E-state index contributed by atoms with van der Waals surface area (Å²) in [5.74, 6) is 1.34. The molecule has 3 aromatic rings. The molecule has 33 heavy (non-hydrogen) atoms. The average molecular weight is 488 g/mol. The van der Waals surface area contributed by atoms with Crippen LogP contribution in [0.25, 0.3) is 11.1 Å². The van der Waals surface area contributed by atoms with Gasteiger partial charge >= 0.3 is 7.67 Å². The van der Waals surface area contributed by atoms with E-state index in [1.807, 2.05) is 6.92 Å². The molecule has 1 unspecified atom stereocenters. The molecule has 2 N–H and O–H groups in total. The topological polar surface area (TPSA) is 124 Å². The van der Waals surface area contributed by atoms with E-state index in [0.29, 0.717) is 26.9 Å². The SMILES string of the molecule is Cc1ccc(S(=O)(=O)N2c3ccc4c(c3-c3c(ccc5c3OCO5)NP2(=O)O)OCO4)cc1. The summed E-state index contributed by atoms with van der Waals surface area (Å²) in [4.78, 5) is 11.0. The van der Waals surface area contributed by atoms with Crippen LogP contribution in [0.5, 0.6) is 23.0 Å². The normalized spacial score (nSPS) is 20.0. The fourth-order valence-corrected chi connectivity index (χ4v) is 7.82. The lowest BCUT2D eigenvalue weighted by molar-refractivity contribution is 0.173. The van der Waals surface area contributed by atoms with Crippen LogP contribution in [0.4, 0.5) is 11.4 Å². The van der Waals surface area contributed by atoms with Crippen LogP contribution in [0, 0.1) is 6.92 Å². The van der Waals surface area contributed by atoms with Crippen molar-refractivity contribution >= 4 is 29.1 Å². The zero-order valence-corrected chi connectivity index (χ0v) is 18.9. The summed E-state index contributed by atoms with van der Waals surface area (Å²) in [5, 5.41) is 2.53. The summed E-state index contributed by atoms with van der Waals surface area (Å²) in [7, 11) is -9.23. The molecular weight excluding hydrogens is 471 g/mol. The number of benzene rings is 3. The predicted octanol–water partition coefficient (Wildman–Crippen LogP) is 3.84. The van der Waals surface area contributed by atoms with Crippen LogP contribution in [0.3, 0.4) is 0 Å². The van der Waals surface area contributed by atoms with Gasteiger partial charge < -0.3 is 23.8 Å². The van der Waals surface area contributed by atoms with E-state index >= 15 is 0 Å². The van der Waals surface area contributed by atoms with Crippen LogP contribution in [0.1, 0.15) is 5.56 Å². The van der Waals surface area contributed by atoms with Gasteiger partial charge in [-0.3, -0.25) is 5.09 Å². The second-order valence-electron chi connectivity index (χ2n) is 7.63. The van der Waals surface area contributed by atoms with Gasteiger partial charge in [0, 0.05) is 0 Å². The first-order chi connectivity index (χ1) is 15.8. The lowest BCUT2D eigenvalue weighted by atomic mass is 9.99. The van der Waals surface area contributed by atoms with E-state index in [1.54, 1.807) is 18.2 Å². The molecule has 3 aliphatic rings. The Morgan fingerprint density at radius 3 is 2.15 bits per heavy atom. The second kappa shape index (κ2) is 6.80. The minimum atomic E-state index is -4.75. The minimum absolute atomic E-state index is 0.0460. The van der Waals surface area contributed by atoms with Crippen molar-refractivity contribution < 1.29 is 36.8 Å². The van der Waals surface area contributed by atoms with Crippen molar-refractivity contribution in [2.24, 2.45) is 0 Å². The Kier molecular flexibility index (Phi) is 4.17. The first kappa shape index (κ1) is 20.2. The van der Waals surface area contributed by atoms with Crippen molar-refractivity contribution in [3.63, 3.8) is 0 Å². The summed E-state index contributed by atoms with van der Waals surface area (Å²) in [6.45, 7) is 1.69. The number of fused-ring (bicyclic) bond motifs is 7. The van der Waals surface area contributed by atoms with Crippen molar-refractivity contribution in [3.05, 3.63) is 54.1 Å². The Labute approximate surface area is 188 Å². The summed E-state index contributed by atoms with van der Waals surface area (Å²) in [6.07, 6.45) is 0. The highest BCUT2D eigenvalue weighted by atomic mass is 32.2. The fraction of sp³-hybridized carbons (Fsp3) is 0.143. The molecule has 3 heterocycles. The Morgan fingerprint density at radius 1 is 0.879 bits per heavy atom. The maximum absolute atomic E-state index is 13.7. The second-order valence-corrected chi connectivity index (χ2v) is 11.4. The highest BCUT2D eigenvalue weighted by Gasteiger charge is 2.46. The van der Waals surface area contributed by atoms with Crippen molar-refractivity contribution in [1.29, 1.82) is 0 Å². The van der Waals surface area contributed by atoms with E-state index in [0.717, 1.165) is 5.56 Å². The van der Waals surface area contributed by atoms with E-state index in [4.69, 9.17) is 18.9 Å². The summed E-state index contributed by atoms with van der Waals surface area (Å²) in [6, 6.07) is 12.1. The quantitative estimate of drug-likeness (QED) is 0.518. The highest BCUT2D eigenvalue weighted by molar-refractivity contribution is 8.00. The van der Waals surface area contributed by atoms with Crippen LogP contribution < -0.4 is 28.1 Å². The van der Waals surface area contributed by atoms with Crippen molar-refractivity contribution in [3.8, 4) is 34.1 Å². The molecular formula is C21H17N2O8PS. The molecule has 12 heteroatoms. The molecule has 3 aromatic carbocycles. The maximum atomic E-state index is 13.7. The van der Waals surface area contributed by atoms with Crippen molar-refractivity contribution in [2.75, 3.05) is 22.7 Å². The summed E-state index contributed by atoms with van der Waals surface area (Å²) in [5.41, 5.74) is 1.58. The van der Waals surface area contributed by atoms with E-state index in [9.17, 15) is 17.9 Å². The van der Waals surface area contributed by atoms with Gasteiger partial charge in [0.2, 0.25) is 13.6 Å². The third-order valence-electron chi connectivity index (χ3n) is 5.57. The molecule has 0 bridgehead atoms. The van der Waals surface area contributed by atoms with Gasteiger partial charge in [-0.2, -0.15) is 4.08 Å². The Hall–Kier alpha value is -3.40. The third kappa shape index (κ3) is 2.90. The third-order valence-corrected chi connectivity index (χ3v) is 9.64. The number of ether oxygens (including phenoxy) is 4. The summed E-state index contributed by atoms with van der Waals surface area (Å²) >= 11 is 0. The Bertz CT molecular complexity index is 1470. The van der Waals surface area contributed by atoms with E-state index in [2.05, 4.69) is 5.09 Å². The molecule has 0 fully saturated rings. The highest BCUT2D eigenvalue weighted by Crippen LogP contribution is 2.64. The zero-order valence-electron chi connectivity index (χ0n) is 17.1. The number of aryl methyl sites for hydroxylation is 1. The molecule has 0 aromatic heterocycles. The van der Waals surface area contributed by atoms with Crippen molar-refractivity contribution in [1.82, 2.24) is 0 Å². The van der Waals surface area contributed by atoms with Crippen molar-refractivity contribution in [2.45, 2.75) is 11.8 Å². The van der Waals surface area contributed by atoms with Gasteiger partial charge in [0.1, 0.15) is 0 Å². The van der Waals surface area contributed by atoms with Gasteiger partial charge in [-0.25, -0.2) is 13.0 Å². The molecule has 6 rings (SSSR count). The molecule has 0 radical (unpaired) electrons. The maximum Gasteiger partial charge on any atom is 0.405 e. The number of nitrogens with zero attached hydrogens (tertiary/aromatic N) is 1. The van der Waals surface area contributed by atoms with Crippen LogP contribution in [0.15, 0.2) is 53.4 Å². The van der Waals surface area contributed by atoms with Gasteiger partial charge in [0.15, 0.2) is 23.0 Å². The molecule has 0 spiro atoms. The molecule has 170 valence electrons. The van der Waals surface area contributed by atoms with Crippen LogP contribution in [-0.2, 0) is 14.6 Å². The zero-order chi connectivity index (χ0) is 23.0. The molecule has 0 saturated heterocycles. The Balaban J connectivity index is 1.69. The van der Waals surface area contributed by atoms with Gasteiger partial charge in [0.25, 0.3) is 10.0 Å². The van der Waals surface area contributed by atoms with Gasteiger partial charge in [-0.05, 0) is 43.3 Å². The molecule has 0 amide bonds. The molecule has 3 aliphatic heterocycles. The first-order valence-corrected chi connectivity index (χ1v) is 12.9. The predicted molar refractivity (Wildman–Crippen MR) is 118 cm³/mol. The van der Waals surface area contributed by atoms with Gasteiger partial charge in [0.05, 0.1) is 27.4 Å². The number of hydrogen-bond donors (Lipinski definition) is 2. The fourth-order valence-electron chi connectivity index (χ4n) is 4.11. The van der Waals surface area contributed by atoms with Gasteiger partial charge in [-0.15, -0.1) is 0 Å². The molecule has 0 saturated carbocycles. The number of anilines is 2. The number of sulfonamides is 1. The largest absolute Gasteiger partial charge is 0.454 e.